The molecule has 0 bridgehead atoms. The summed E-state index contributed by atoms with van der Waals surface area (Å²) >= 11 is 0. The van der Waals surface area contributed by atoms with Crippen LogP contribution in [0.25, 0.3) is 0 Å². The van der Waals surface area contributed by atoms with Gasteiger partial charge in [-0.1, -0.05) is 0 Å². The summed E-state index contributed by atoms with van der Waals surface area (Å²) in [5, 5.41) is 0. The normalized spacial score (nSPS) is 24.4. The summed E-state index contributed by atoms with van der Waals surface area (Å²) in [4.78, 5) is 6.60. The van der Waals surface area contributed by atoms with Crippen molar-refractivity contribution in [1.29, 1.82) is 0 Å². The summed E-state index contributed by atoms with van der Waals surface area (Å²) < 4.78 is 0. The van der Waals surface area contributed by atoms with E-state index in [4.69, 9.17) is 0 Å². The fraction of sp³-hybridized carbons (Fsp3) is 0.889. The molecular weight excluding hydrogens is 136 g/mol. The van der Waals surface area contributed by atoms with E-state index in [9.17, 15) is 0 Å². The van der Waals surface area contributed by atoms with E-state index in [-0.39, 0.29) is 0 Å². The predicted molar refractivity (Wildman–Crippen MR) is 49.1 cm³/mol. The highest BCUT2D eigenvalue weighted by atomic mass is 15.2. The second kappa shape index (κ2) is 2.84. The minimum absolute atomic E-state index is 0.337. The van der Waals surface area contributed by atoms with Gasteiger partial charge >= 0.3 is 0 Å². The molecule has 0 radical (unpaired) electrons. The topological polar surface area (TPSA) is 15.6 Å². The maximum atomic E-state index is 4.21. The smallest absolute Gasteiger partial charge is 0.0958 e. The Morgan fingerprint density at radius 2 is 2.09 bits per heavy atom. The molecule has 1 rings (SSSR count). The molecule has 0 aromatic rings. The molecule has 0 unspecified atom stereocenters. The highest BCUT2D eigenvalue weighted by Gasteiger charge is 2.31. The lowest BCUT2D eigenvalue weighted by atomic mass is 10.0. The van der Waals surface area contributed by atoms with Crippen molar-refractivity contribution in [3.8, 4) is 0 Å². The van der Waals surface area contributed by atoms with Crippen molar-refractivity contribution in [2.75, 3.05) is 13.6 Å². The van der Waals surface area contributed by atoms with Crippen molar-refractivity contribution in [1.82, 2.24) is 4.90 Å². The lowest BCUT2D eigenvalue weighted by Gasteiger charge is -2.33. The average Bonchev–Trinajstić information content (AvgIpc) is 2.28. The van der Waals surface area contributed by atoms with Gasteiger partial charge in [0, 0.05) is 19.1 Å². The van der Waals surface area contributed by atoms with Gasteiger partial charge in [0.05, 0.1) is 5.84 Å². The van der Waals surface area contributed by atoms with Gasteiger partial charge in [0.1, 0.15) is 0 Å². The molecule has 64 valence electrons. The van der Waals surface area contributed by atoms with Crippen LogP contribution in [0.5, 0.6) is 0 Å². The molecular formula is C9H18N2. The van der Waals surface area contributed by atoms with Crippen LogP contribution in [0.2, 0.25) is 0 Å². The Morgan fingerprint density at radius 3 is 2.45 bits per heavy atom. The van der Waals surface area contributed by atoms with Crippen molar-refractivity contribution in [2.24, 2.45) is 4.99 Å². The van der Waals surface area contributed by atoms with Crippen molar-refractivity contribution >= 4 is 5.84 Å². The maximum Gasteiger partial charge on any atom is 0.0958 e. The fourth-order valence-electron chi connectivity index (χ4n) is 1.83. The van der Waals surface area contributed by atoms with Crippen LogP contribution in [0.15, 0.2) is 4.99 Å². The number of likely N-dealkylation sites (tertiary alicyclic amines) is 1. The van der Waals surface area contributed by atoms with Gasteiger partial charge in [-0.2, -0.15) is 0 Å². The predicted octanol–water partition coefficient (Wildman–Crippen LogP) is 1.91. The Bertz CT molecular complexity index is 170. The standard InChI is InChI=1S/C9H18N2/c1-8(10-4)11-7-5-6-9(11,2)3/h5-7H2,1-4H3. The van der Waals surface area contributed by atoms with E-state index in [1.54, 1.807) is 0 Å². The maximum absolute atomic E-state index is 4.21. The summed E-state index contributed by atoms with van der Waals surface area (Å²) in [5.74, 6) is 1.17. The number of hydrogen-bond acceptors (Lipinski definition) is 1. The summed E-state index contributed by atoms with van der Waals surface area (Å²) in [5.41, 5.74) is 0.337. The molecule has 11 heavy (non-hydrogen) atoms. The van der Waals surface area contributed by atoms with Crippen LogP contribution in [0, 0.1) is 0 Å². The van der Waals surface area contributed by atoms with Crippen LogP contribution in [0.3, 0.4) is 0 Å². The van der Waals surface area contributed by atoms with Crippen LogP contribution in [-0.4, -0.2) is 29.9 Å². The molecule has 1 fully saturated rings. The number of aliphatic imine (C=N–C) groups is 1. The number of rotatable bonds is 0. The minimum Gasteiger partial charge on any atom is -0.355 e. The molecule has 2 heteroatoms. The van der Waals surface area contributed by atoms with E-state index < -0.39 is 0 Å². The first-order chi connectivity index (χ1) is 5.08. The van der Waals surface area contributed by atoms with Crippen LogP contribution < -0.4 is 0 Å². The first-order valence-corrected chi connectivity index (χ1v) is 4.29. The van der Waals surface area contributed by atoms with E-state index in [1.165, 1.54) is 25.2 Å². The Balaban J connectivity index is 2.73. The third-order valence-corrected chi connectivity index (χ3v) is 2.62. The molecule has 1 heterocycles. The lowest BCUT2D eigenvalue weighted by molar-refractivity contribution is 0.280. The SMILES string of the molecule is CN=C(C)N1CCCC1(C)C. The quantitative estimate of drug-likeness (QED) is 0.384. The Labute approximate surface area is 69.3 Å². The highest BCUT2D eigenvalue weighted by Crippen LogP contribution is 2.28. The fourth-order valence-corrected chi connectivity index (χ4v) is 1.83. The van der Waals surface area contributed by atoms with Gasteiger partial charge in [-0.3, -0.25) is 4.99 Å². The third-order valence-electron chi connectivity index (χ3n) is 2.62. The van der Waals surface area contributed by atoms with Crippen LogP contribution >= 0.6 is 0 Å². The third kappa shape index (κ3) is 1.55. The zero-order valence-corrected chi connectivity index (χ0v) is 8.02. The largest absolute Gasteiger partial charge is 0.355 e. The van der Waals surface area contributed by atoms with Crippen molar-refractivity contribution in [3.05, 3.63) is 0 Å². The highest BCUT2D eigenvalue weighted by molar-refractivity contribution is 5.80. The second-order valence-electron chi connectivity index (χ2n) is 3.84. The van der Waals surface area contributed by atoms with E-state index in [0.29, 0.717) is 5.54 Å². The zero-order valence-electron chi connectivity index (χ0n) is 8.02. The molecule has 0 spiro atoms. The van der Waals surface area contributed by atoms with E-state index >= 15 is 0 Å². The minimum atomic E-state index is 0.337. The molecule has 0 saturated carbocycles. The molecule has 0 aromatic heterocycles. The van der Waals surface area contributed by atoms with Crippen molar-refractivity contribution in [3.63, 3.8) is 0 Å². The Hall–Kier alpha value is -0.530. The Kier molecular flexibility index (Phi) is 2.21. The van der Waals surface area contributed by atoms with Gasteiger partial charge in [-0.25, -0.2) is 0 Å². The summed E-state index contributed by atoms with van der Waals surface area (Å²) in [6, 6.07) is 0. The molecule has 0 amide bonds. The average molecular weight is 154 g/mol. The summed E-state index contributed by atoms with van der Waals surface area (Å²) in [6.07, 6.45) is 2.60. The van der Waals surface area contributed by atoms with E-state index in [1.807, 2.05) is 7.05 Å². The monoisotopic (exact) mass is 154 g/mol. The van der Waals surface area contributed by atoms with Gasteiger partial charge in [-0.15, -0.1) is 0 Å². The second-order valence-corrected chi connectivity index (χ2v) is 3.84. The molecule has 1 saturated heterocycles. The first-order valence-electron chi connectivity index (χ1n) is 4.29. The Morgan fingerprint density at radius 1 is 1.45 bits per heavy atom. The zero-order chi connectivity index (χ0) is 8.48. The van der Waals surface area contributed by atoms with Crippen molar-refractivity contribution < 1.29 is 0 Å². The molecule has 0 aromatic carbocycles. The van der Waals surface area contributed by atoms with Gasteiger partial charge in [0.15, 0.2) is 0 Å². The molecule has 1 aliphatic rings. The molecule has 1 aliphatic heterocycles. The molecule has 0 N–H and O–H groups in total. The van der Waals surface area contributed by atoms with E-state index in [0.717, 1.165) is 0 Å². The summed E-state index contributed by atoms with van der Waals surface area (Å²) in [7, 11) is 1.86. The van der Waals surface area contributed by atoms with Gasteiger partial charge in [0.2, 0.25) is 0 Å². The number of nitrogens with zero attached hydrogens (tertiary/aromatic N) is 2. The van der Waals surface area contributed by atoms with Gasteiger partial charge in [0.25, 0.3) is 0 Å². The van der Waals surface area contributed by atoms with Crippen LogP contribution in [0.1, 0.15) is 33.6 Å². The van der Waals surface area contributed by atoms with Crippen LogP contribution in [0.4, 0.5) is 0 Å². The first kappa shape index (κ1) is 8.57. The molecule has 0 aliphatic carbocycles. The van der Waals surface area contributed by atoms with Crippen molar-refractivity contribution in [2.45, 2.75) is 39.2 Å². The van der Waals surface area contributed by atoms with Gasteiger partial charge < -0.3 is 4.90 Å². The van der Waals surface area contributed by atoms with E-state index in [2.05, 4.69) is 30.7 Å². The number of hydrogen-bond donors (Lipinski definition) is 0. The lowest BCUT2D eigenvalue weighted by Crippen LogP contribution is -2.41. The molecule has 0 atom stereocenters. The number of amidine groups is 1. The molecule has 2 nitrogen and oxygen atoms in total. The summed E-state index contributed by atoms with van der Waals surface area (Å²) in [6.45, 7) is 7.84. The van der Waals surface area contributed by atoms with Crippen LogP contribution in [-0.2, 0) is 0 Å². The van der Waals surface area contributed by atoms with Gasteiger partial charge in [-0.05, 0) is 33.6 Å².